The van der Waals surface area contributed by atoms with Crippen LogP contribution in [0.4, 0.5) is 0 Å². The van der Waals surface area contributed by atoms with Gasteiger partial charge in [-0.15, -0.1) is 0 Å². The third kappa shape index (κ3) is 4.99. The van der Waals surface area contributed by atoms with Gasteiger partial charge in [0.25, 0.3) is 0 Å². The summed E-state index contributed by atoms with van der Waals surface area (Å²) in [5, 5.41) is 3.06. The number of aliphatic imine (C=N–C) groups is 1. The van der Waals surface area contributed by atoms with Gasteiger partial charge in [0.05, 0.1) is 0 Å². The highest BCUT2D eigenvalue weighted by atomic mass is 15.3. The molecule has 0 saturated carbocycles. The summed E-state index contributed by atoms with van der Waals surface area (Å²) in [6.07, 6.45) is 3.82. The van der Waals surface area contributed by atoms with Crippen LogP contribution in [-0.4, -0.2) is 43.6 Å². The fourth-order valence-corrected chi connectivity index (χ4v) is 1.81. The summed E-state index contributed by atoms with van der Waals surface area (Å²) in [6.45, 7) is 7.39. The fraction of sp³-hybridized carbons (Fsp3) is 0.900. The molecule has 5 nitrogen and oxygen atoms in total. The Morgan fingerprint density at radius 3 is 2.73 bits per heavy atom. The van der Waals surface area contributed by atoms with Crippen molar-refractivity contribution in [2.75, 3.05) is 32.7 Å². The highest BCUT2D eigenvalue weighted by Crippen LogP contribution is 2.07. The molecule has 0 bridgehead atoms. The second-order valence-electron chi connectivity index (χ2n) is 3.81. The Kier molecular flexibility index (Phi) is 6.11. The van der Waals surface area contributed by atoms with E-state index < -0.39 is 0 Å². The van der Waals surface area contributed by atoms with Crippen LogP contribution in [-0.2, 0) is 0 Å². The molecule has 1 saturated heterocycles. The Balaban J connectivity index is 2.07. The van der Waals surface area contributed by atoms with Gasteiger partial charge in [-0.1, -0.05) is 0 Å². The van der Waals surface area contributed by atoms with Crippen molar-refractivity contribution < 1.29 is 0 Å². The summed E-state index contributed by atoms with van der Waals surface area (Å²) in [7, 11) is 0. The lowest BCUT2D eigenvalue weighted by atomic mass is 10.4. The molecule has 0 aromatic carbocycles. The number of hydrogen-bond donors (Lipinski definition) is 3. The number of rotatable bonds is 5. The molecule has 1 aliphatic heterocycles. The van der Waals surface area contributed by atoms with Gasteiger partial charge in [0.15, 0.2) is 0 Å². The molecule has 5 heteroatoms. The first-order valence-corrected chi connectivity index (χ1v) is 5.84. The van der Waals surface area contributed by atoms with Gasteiger partial charge < -0.3 is 10.2 Å². The van der Waals surface area contributed by atoms with Crippen molar-refractivity contribution in [2.45, 2.75) is 26.2 Å². The van der Waals surface area contributed by atoms with E-state index in [9.17, 15) is 0 Å². The molecular formula is C10H23N5. The molecule has 1 aliphatic rings. The summed E-state index contributed by atoms with van der Waals surface area (Å²) >= 11 is 0. The van der Waals surface area contributed by atoms with Gasteiger partial charge in [0.2, 0.25) is 5.96 Å². The topological polar surface area (TPSA) is 65.7 Å². The van der Waals surface area contributed by atoms with E-state index in [-0.39, 0.29) is 0 Å². The van der Waals surface area contributed by atoms with Crippen LogP contribution in [0, 0.1) is 0 Å². The van der Waals surface area contributed by atoms with Gasteiger partial charge in [0, 0.05) is 13.1 Å². The molecule has 0 unspecified atom stereocenters. The van der Waals surface area contributed by atoms with E-state index in [1.807, 2.05) is 6.92 Å². The molecule has 15 heavy (non-hydrogen) atoms. The molecular weight excluding hydrogens is 190 g/mol. The average molecular weight is 213 g/mol. The molecule has 0 aromatic heterocycles. The Morgan fingerprint density at radius 1 is 1.40 bits per heavy atom. The highest BCUT2D eigenvalue weighted by Gasteiger charge is 2.09. The van der Waals surface area contributed by atoms with Gasteiger partial charge in [-0.2, -0.15) is 0 Å². The first-order valence-electron chi connectivity index (χ1n) is 5.84. The number of nitrogens with zero attached hydrogens (tertiary/aromatic N) is 2. The second-order valence-corrected chi connectivity index (χ2v) is 3.81. The van der Waals surface area contributed by atoms with Crippen molar-refractivity contribution in [3.63, 3.8) is 0 Å². The zero-order valence-electron chi connectivity index (χ0n) is 9.63. The van der Waals surface area contributed by atoms with Gasteiger partial charge in [-0.25, -0.2) is 5.84 Å². The zero-order valence-corrected chi connectivity index (χ0v) is 9.63. The van der Waals surface area contributed by atoms with Gasteiger partial charge in [0.1, 0.15) is 0 Å². The van der Waals surface area contributed by atoms with Crippen LogP contribution in [0.1, 0.15) is 26.2 Å². The van der Waals surface area contributed by atoms with Crippen LogP contribution >= 0.6 is 0 Å². The first-order chi connectivity index (χ1) is 7.36. The minimum atomic E-state index is 0.693. The van der Waals surface area contributed by atoms with E-state index in [1.165, 1.54) is 25.9 Å². The molecule has 0 aliphatic carbocycles. The van der Waals surface area contributed by atoms with Crippen LogP contribution in [0.3, 0.4) is 0 Å². The van der Waals surface area contributed by atoms with Crippen LogP contribution in [0.15, 0.2) is 4.99 Å². The van der Waals surface area contributed by atoms with E-state index in [0.29, 0.717) is 5.96 Å². The maximum atomic E-state index is 5.31. The van der Waals surface area contributed by atoms with E-state index in [4.69, 9.17) is 5.84 Å². The molecule has 1 heterocycles. The SMILES string of the molecule is CCNC(=NCCCN1CCCC1)NN. The van der Waals surface area contributed by atoms with Crippen LogP contribution in [0.2, 0.25) is 0 Å². The van der Waals surface area contributed by atoms with E-state index in [1.54, 1.807) is 0 Å². The molecule has 0 spiro atoms. The maximum absolute atomic E-state index is 5.31. The van der Waals surface area contributed by atoms with Gasteiger partial charge >= 0.3 is 0 Å². The Bertz CT molecular complexity index is 186. The minimum Gasteiger partial charge on any atom is -0.356 e. The van der Waals surface area contributed by atoms with Crippen LogP contribution < -0.4 is 16.6 Å². The molecule has 0 aromatic rings. The number of likely N-dealkylation sites (tertiary alicyclic amines) is 1. The van der Waals surface area contributed by atoms with Crippen molar-refractivity contribution in [1.82, 2.24) is 15.6 Å². The van der Waals surface area contributed by atoms with Gasteiger partial charge in [-0.05, 0) is 45.8 Å². The second kappa shape index (κ2) is 7.48. The lowest BCUT2D eigenvalue weighted by Crippen LogP contribution is -2.41. The van der Waals surface area contributed by atoms with E-state index in [0.717, 1.165) is 26.1 Å². The predicted octanol–water partition coefficient (Wildman–Crippen LogP) is -0.0989. The monoisotopic (exact) mass is 213 g/mol. The Hall–Kier alpha value is -0.810. The number of nitrogens with two attached hydrogens (primary N) is 1. The van der Waals surface area contributed by atoms with Crippen molar-refractivity contribution in [3.05, 3.63) is 0 Å². The number of nitrogens with one attached hydrogen (secondary N) is 2. The van der Waals surface area contributed by atoms with Crippen molar-refractivity contribution >= 4 is 5.96 Å². The van der Waals surface area contributed by atoms with E-state index in [2.05, 4.69) is 20.6 Å². The smallest absolute Gasteiger partial charge is 0.205 e. The summed E-state index contributed by atoms with van der Waals surface area (Å²) in [6, 6.07) is 0. The van der Waals surface area contributed by atoms with E-state index >= 15 is 0 Å². The molecule has 0 atom stereocenters. The molecule has 0 radical (unpaired) electrons. The summed E-state index contributed by atoms with van der Waals surface area (Å²) in [5.74, 6) is 6.00. The largest absolute Gasteiger partial charge is 0.356 e. The molecule has 0 amide bonds. The third-order valence-electron chi connectivity index (χ3n) is 2.58. The minimum absolute atomic E-state index is 0.693. The predicted molar refractivity (Wildman–Crippen MR) is 63.6 cm³/mol. The van der Waals surface area contributed by atoms with Crippen molar-refractivity contribution in [3.8, 4) is 0 Å². The lowest BCUT2D eigenvalue weighted by Gasteiger charge is -2.13. The molecule has 1 rings (SSSR count). The Morgan fingerprint density at radius 2 is 2.13 bits per heavy atom. The number of guanidine groups is 1. The summed E-state index contributed by atoms with van der Waals surface area (Å²) in [5.41, 5.74) is 2.56. The average Bonchev–Trinajstić information content (AvgIpc) is 2.75. The van der Waals surface area contributed by atoms with Crippen molar-refractivity contribution in [1.29, 1.82) is 0 Å². The molecule has 88 valence electrons. The van der Waals surface area contributed by atoms with Crippen molar-refractivity contribution in [2.24, 2.45) is 10.8 Å². The van der Waals surface area contributed by atoms with Crippen LogP contribution in [0.25, 0.3) is 0 Å². The normalized spacial score (nSPS) is 18.1. The third-order valence-corrected chi connectivity index (χ3v) is 2.58. The number of hydrazine groups is 1. The zero-order chi connectivity index (χ0) is 10.9. The summed E-state index contributed by atoms with van der Waals surface area (Å²) in [4.78, 5) is 6.83. The fourth-order valence-electron chi connectivity index (χ4n) is 1.81. The quantitative estimate of drug-likeness (QED) is 0.196. The van der Waals surface area contributed by atoms with Gasteiger partial charge in [-0.3, -0.25) is 10.4 Å². The van der Waals surface area contributed by atoms with Crippen LogP contribution in [0.5, 0.6) is 0 Å². The highest BCUT2D eigenvalue weighted by molar-refractivity contribution is 5.78. The molecule has 1 fully saturated rings. The molecule has 4 N–H and O–H groups in total. The number of hydrogen-bond acceptors (Lipinski definition) is 3. The first kappa shape index (κ1) is 12.3. The lowest BCUT2D eigenvalue weighted by molar-refractivity contribution is 0.336. The standard InChI is InChI=1S/C10H23N5/c1-2-12-10(14-11)13-6-5-9-15-7-3-4-8-15/h2-9,11H2,1H3,(H2,12,13,14). The summed E-state index contributed by atoms with van der Waals surface area (Å²) < 4.78 is 0. The maximum Gasteiger partial charge on any atom is 0.205 e. The Labute approximate surface area is 92.1 Å².